The Morgan fingerprint density at radius 3 is 2.82 bits per heavy atom. The summed E-state index contributed by atoms with van der Waals surface area (Å²) in [5.74, 6) is 1.77. The Morgan fingerprint density at radius 2 is 2.00 bits per heavy atom. The largest absolute Gasteiger partial charge is 0.497 e. The van der Waals surface area contributed by atoms with Crippen molar-refractivity contribution in [3.8, 4) is 5.75 Å². The molecular formula is C22H24N2O4. The lowest BCUT2D eigenvalue weighted by atomic mass is 10.0. The first-order valence-corrected chi connectivity index (χ1v) is 9.39. The van der Waals surface area contributed by atoms with Crippen LogP contribution in [0.25, 0.3) is 10.8 Å². The summed E-state index contributed by atoms with van der Waals surface area (Å²) in [6, 6.07) is 16.1. The molecule has 1 amide bonds. The highest BCUT2D eigenvalue weighted by atomic mass is 16.5. The number of amides is 1. The average molecular weight is 380 g/mol. The minimum Gasteiger partial charge on any atom is -0.497 e. The van der Waals surface area contributed by atoms with E-state index in [0.717, 1.165) is 35.5 Å². The van der Waals surface area contributed by atoms with E-state index < -0.39 is 0 Å². The molecule has 1 saturated heterocycles. The van der Waals surface area contributed by atoms with E-state index in [1.807, 2.05) is 18.2 Å². The minimum atomic E-state index is -0.209. The maximum Gasteiger partial charge on any atom is 0.286 e. The van der Waals surface area contributed by atoms with Crippen LogP contribution in [0.2, 0.25) is 0 Å². The smallest absolute Gasteiger partial charge is 0.286 e. The molecule has 2 heterocycles. The topological polar surface area (TPSA) is 63.9 Å². The number of carbonyl (C=O) groups is 1. The molecule has 1 fully saturated rings. The number of nitrogens with zero attached hydrogens (tertiary/aromatic N) is 1. The van der Waals surface area contributed by atoms with Gasteiger partial charge in [0.2, 0.25) is 0 Å². The lowest BCUT2D eigenvalue weighted by Gasteiger charge is -2.32. The van der Waals surface area contributed by atoms with Gasteiger partial charge in [-0.1, -0.05) is 18.2 Å². The van der Waals surface area contributed by atoms with Gasteiger partial charge in [0.15, 0.2) is 5.76 Å². The second kappa shape index (κ2) is 8.04. The van der Waals surface area contributed by atoms with Crippen LogP contribution in [0.5, 0.6) is 5.75 Å². The van der Waals surface area contributed by atoms with Crippen LogP contribution >= 0.6 is 0 Å². The summed E-state index contributed by atoms with van der Waals surface area (Å²) in [6.07, 6.45) is 0.00799. The second-order valence-corrected chi connectivity index (χ2v) is 6.91. The van der Waals surface area contributed by atoms with Crippen LogP contribution in [0.3, 0.4) is 0 Å². The average Bonchev–Trinajstić information content (AvgIpc) is 3.21. The number of nitrogens with one attached hydrogen (secondary N) is 1. The monoisotopic (exact) mass is 380 g/mol. The first kappa shape index (κ1) is 18.5. The van der Waals surface area contributed by atoms with Crippen molar-refractivity contribution in [1.82, 2.24) is 10.2 Å². The van der Waals surface area contributed by atoms with E-state index in [4.69, 9.17) is 13.9 Å². The number of carbonyl (C=O) groups excluding carboxylic acids is 1. The van der Waals surface area contributed by atoms with Crippen molar-refractivity contribution in [2.24, 2.45) is 0 Å². The molecule has 1 aliphatic heterocycles. The van der Waals surface area contributed by atoms with E-state index in [9.17, 15) is 4.79 Å². The molecule has 0 radical (unpaired) electrons. The molecule has 1 atom stereocenters. The van der Waals surface area contributed by atoms with Gasteiger partial charge in [-0.15, -0.1) is 0 Å². The highest BCUT2D eigenvalue weighted by molar-refractivity contribution is 5.91. The Balaban J connectivity index is 1.46. The molecule has 1 aromatic heterocycles. The van der Waals surface area contributed by atoms with Crippen molar-refractivity contribution < 1.29 is 18.7 Å². The number of rotatable bonds is 5. The summed E-state index contributed by atoms with van der Waals surface area (Å²) < 4.78 is 17.0. The van der Waals surface area contributed by atoms with Crippen LogP contribution in [0.4, 0.5) is 0 Å². The molecular weight excluding hydrogens is 356 g/mol. The van der Waals surface area contributed by atoms with Gasteiger partial charge in [0, 0.05) is 20.1 Å². The zero-order valence-corrected chi connectivity index (χ0v) is 16.1. The Labute approximate surface area is 164 Å². The Kier molecular flexibility index (Phi) is 5.32. The molecule has 0 aliphatic carbocycles. The fourth-order valence-electron chi connectivity index (χ4n) is 3.55. The van der Waals surface area contributed by atoms with E-state index in [2.05, 4.69) is 34.5 Å². The minimum absolute atomic E-state index is 0.00799. The predicted octanol–water partition coefficient (Wildman–Crippen LogP) is 3.37. The van der Waals surface area contributed by atoms with Crippen molar-refractivity contribution in [3.05, 3.63) is 65.6 Å². The maximum absolute atomic E-state index is 11.7. The van der Waals surface area contributed by atoms with Crippen molar-refractivity contribution in [3.63, 3.8) is 0 Å². The van der Waals surface area contributed by atoms with Gasteiger partial charge in [0.1, 0.15) is 11.5 Å². The van der Waals surface area contributed by atoms with Crippen molar-refractivity contribution in [1.29, 1.82) is 0 Å². The molecule has 6 nitrogen and oxygen atoms in total. The quantitative estimate of drug-likeness (QED) is 0.735. The zero-order chi connectivity index (χ0) is 19.5. The molecule has 146 valence electrons. The summed E-state index contributed by atoms with van der Waals surface area (Å²) in [7, 11) is 3.27. The van der Waals surface area contributed by atoms with Crippen molar-refractivity contribution in [2.75, 3.05) is 33.9 Å². The zero-order valence-electron chi connectivity index (χ0n) is 16.1. The number of furan rings is 1. The molecule has 3 aromatic rings. The van der Waals surface area contributed by atoms with Crippen LogP contribution in [-0.2, 0) is 11.3 Å². The lowest BCUT2D eigenvalue weighted by molar-refractivity contribution is -0.0346. The highest BCUT2D eigenvalue weighted by Gasteiger charge is 2.23. The molecule has 28 heavy (non-hydrogen) atoms. The number of ether oxygens (including phenoxy) is 2. The van der Waals surface area contributed by atoms with Gasteiger partial charge in [-0.05, 0) is 46.7 Å². The fraction of sp³-hybridized carbons (Fsp3) is 0.318. The molecule has 1 N–H and O–H groups in total. The van der Waals surface area contributed by atoms with Gasteiger partial charge in [-0.25, -0.2) is 0 Å². The summed E-state index contributed by atoms with van der Waals surface area (Å²) in [5.41, 5.74) is 1.16. The van der Waals surface area contributed by atoms with E-state index in [0.29, 0.717) is 18.9 Å². The van der Waals surface area contributed by atoms with Gasteiger partial charge >= 0.3 is 0 Å². The first-order valence-electron chi connectivity index (χ1n) is 9.39. The molecule has 0 unspecified atom stereocenters. The molecule has 4 rings (SSSR count). The molecule has 0 bridgehead atoms. The van der Waals surface area contributed by atoms with Crippen LogP contribution in [0.15, 0.2) is 52.9 Å². The third kappa shape index (κ3) is 3.88. The third-order valence-electron chi connectivity index (χ3n) is 5.09. The molecule has 0 spiro atoms. The SMILES string of the molecule is CNC(=O)c1ccc(CN2CCO[C@@H](c3ccc4cc(OC)ccc4c3)C2)o1. The number of methoxy groups -OCH3 is 1. The normalized spacial score (nSPS) is 17.6. The maximum atomic E-state index is 11.7. The van der Waals surface area contributed by atoms with Crippen LogP contribution in [0.1, 0.15) is 28.0 Å². The van der Waals surface area contributed by atoms with Crippen LogP contribution < -0.4 is 10.1 Å². The number of fused-ring (bicyclic) bond motifs is 1. The van der Waals surface area contributed by atoms with E-state index in [1.165, 1.54) is 5.39 Å². The molecule has 2 aromatic carbocycles. The lowest BCUT2D eigenvalue weighted by Crippen LogP contribution is -2.37. The predicted molar refractivity (Wildman–Crippen MR) is 107 cm³/mol. The highest BCUT2D eigenvalue weighted by Crippen LogP contribution is 2.28. The Bertz CT molecular complexity index is 982. The van der Waals surface area contributed by atoms with Gasteiger partial charge in [-0.2, -0.15) is 0 Å². The van der Waals surface area contributed by atoms with Gasteiger partial charge in [0.05, 0.1) is 26.4 Å². The second-order valence-electron chi connectivity index (χ2n) is 6.91. The Hall–Kier alpha value is -2.83. The van der Waals surface area contributed by atoms with Gasteiger partial charge < -0.3 is 19.2 Å². The number of hydrogen-bond acceptors (Lipinski definition) is 5. The summed E-state index contributed by atoms with van der Waals surface area (Å²) in [5, 5.41) is 4.89. The fourth-order valence-corrected chi connectivity index (χ4v) is 3.55. The van der Waals surface area contributed by atoms with Gasteiger partial charge in [-0.3, -0.25) is 9.69 Å². The van der Waals surface area contributed by atoms with Crippen molar-refractivity contribution >= 4 is 16.7 Å². The molecule has 0 saturated carbocycles. The molecule has 1 aliphatic rings. The van der Waals surface area contributed by atoms with E-state index >= 15 is 0 Å². The van der Waals surface area contributed by atoms with Crippen molar-refractivity contribution in [2.45, 2.75) is 12.6 Å². The first-order chi connectivity index (χ1) is 13.7. The number of hydrogen-bond donors (Lipinski definition) is 1. The van der Waals surface area contributed by atoms with Crippen LogP contribution in [0, 0.1) is 0 Å². The summed E-state index contributed by atoms with van der Waals surface area (Å²) >= 11 is 0. The summed E-state index contributed by atoms with van der Waals surface area (Å²) in [6.45, 7) is 2.92. The Morgan fingerprint density at radius 1 is 1.18 bits per heavy atom. The number of benzene rings is 2. The van der Waals surface area contributed by atoms with Gasteiger partial charge in [0.25, 0.3) is 5.91 Å². The third-order valence-corrected chi connectivity index (χ3v) is 5.09. The van der Waals surface area contributed by atoms with Crippen LogP contribution in [-0.4, -0.2) is 44.7 Å². The van der Waals surface area contributed by atoms with E-state index in [1.54, 1.807) is 20.2 Å². The summed E-state index contributed by atoms with van der Waals surface area (Å²) in [4.78, 5) is 13.9. The molecule has 6 heteroatoms. The number of morpholine rings is 1. The van der Waals surface area contributed by atoms with E-state index in [-0.39, 0.29) is 12.0 Å². The standard InChI is InChI=1S/C22H24N2O4/c1-23-22(25)20-8-7-19(28-20)13-24-9-10-27-21(14-24)17-4-3-16-12-18(26-2)6-5-15(16)11-17/h3-8,11-12,21H,9-10,13-14H2,1-2H3,(H,23,25)/t21-/m1/s1.